The molecule has 2 aromatic rings. The Hall–Kier alpha value is -1.58. The van der Waals surface area contributed by atoms with Crippen molar-refractivity contribution in [3.05, 3.63) is 64.4 Å². The molecular weight excluding hydrogens is 277 g/mol. The molecule has 0 heterocycles. The van der Waals surface area contributed by atoms with Crippen molar-refractivity contribution < 1.29 is 9.13 Å². The minimum Gasteiger partial charge on any atom is -0.494 e. The first-order valence-corrected chi connectivity index (χ1v) is 6.68. The molecule has 0 saturated carbocycles. The maximum Gasteiger partial charge on any atom is 0.168 e. The van der Waals surface area contributed by atoms with Crippen LogP contribution in [0.5, 0.6) is 5.75 Å². The molecule has 0 bridgehead atoms. The molecule has 0 amide bonds. The number of benzene rings is 2. The number of halogens is 2. The van der Waals surface area contributed by atoms with Crippen molar-refractivity contribution in [1.29, 1.82) is 0 Å². The van der Waals surface area contributed by atoms with Crippen molar-refractivity contribution in [2.75, 3.05) is 7.11 Å². The van der Waals surface area contributed by atoms with Gasteiger partial charge in [0.25, 0.3) is 0 Å². The first-order valence-electron chi connectivity index (χ1n) is 6.30. The zero-order valence-corrected chi connectivity index (χ0v) is 12.2. The van der Waals surface area contributed by atoms with Gasteiger partial charge >= 0.3 is 0 Å². The van der Waals surface area contributed by atoms with Gasteiger partial charge in [-0.3, -0.25) is 0 Å². The Morgan fingerprint density at radius 1 is 1.25 bits per heavy atom. The molecule has 2 aromatic carbocycles. The molecule has 0 aliphatic heterocycles. The zero-order chi connectivity index (χ0) is 14.8. The quantitative estimate of drug-likeness (QED) is 0.928. The molecule has 0 spiro atoms. The van der Waals surface area contributed by atoms with Crippen LogP contribution in [-0.2, 0) is 12.0 Å². The Kier molecular flexibility index (Phi) is 4.31. The molecule has 106 valence electrons. The van der Waals surface area contributed by atoms with Gasteiger partial charge in [-0.2, -0.15) is 0 Å². The molecule has 2 nitrogen and oxygen atoms in total. The summed E-state index contributed by atoms with van der Waals surface area (Å²) in [6, 6.07) is 12.4. The van der Waals surface area contributed by atoms with Gasteiger partial charge in [0.05, 0.1) is 7.11 Å². The van der Waals surface area contributed by atoms with E-state index >= 15 is 0 Å². The van der Waals surface area contributed by atoms with Crippen LogP contribution in [-0.4, -0.2) is 7.11 Å². The summed E-state index contributed by atoms with van der Waals surface area (Å²) in [5, 5.41) is 0.616. The first-order chi connectivity index (χ1) is 9.44. The maximum absolute atomic E-state index is 14.2. The van der Waals surface area contributed by atoms with Crippen LogP contribution in [0.15, 0.2) is 42.5 Å². The third kappa shape index (κ3) is 3.11. The van der Waals surface area contributed by atoms with E-state index in [0.29, 0.717) is 17.0 Å². The SMILES string of the molecule is COc1cccc(CC(C)(N)c2cccc(Cl)c2)c1F. The largest absolute Gasteiger partial charge is 0.494 e. The van der Waals surface area contributed by atoms with Crippen LogP contribution in [0, 0.1) is 5.82 Å². The molecule has 0 aliphatic carbocycles. The average Bonchev–Trinajstić information content (AvgIpc) is 2.41. The molecule has 2 N–H and O–H groups in total. The van der Waals surface area contributed by atoms with E-state index in [1.54, 1.807) is 30.3 Å². The van der Waals surface area contributed by atoms with Crippen LogP contribution >= 0.6 is 11.6 Å². The fraction of sp³-hybridized carbons (Fsp3) is 0.250. The van der Waals surface area contributed by atoms with E-state index in [1.165, 1.54) is 7.11 Å². The summed E-state index contributed by atoms with van der Waals surface area (Å²) in [5.41, 5.74) is 7.01. The van der Waals surface area contributed by atoms with Gasteiger partial charge in [-0.15, -0.1) is 0 Å². The van der Waals surface area contributed by atoms with Gasteiger partial charge in [-0.1, -0.05) is 35.9 Å². The van der Waals surface area contributed by atoms with Crippen LogP contribution in [0.4, 0.5) is 4.39 Å². The fourth-order valence-corrected chi connectivity index (χ4v) is 2.38. The topological polar surface area (TPSA) is 35.2 Å². The Morgan fingerprint density at radius 2 is 1.95 bits per heavy atom. The standard InChI is InChI=1S/C16H17ClFNO/c1-16(19,12-6-4-7-13(17)9-12)10-11-5-3-8-14(20-2)15(11)18/h3-9H,10,19H2,1-2H3. The number of nitrogens with two attached hydrogens (primary N) is 1. The van der Waals surface area contributed by atoms with E-state index in [0.717, 1.165) is 5.56 Å². The highest BCUT2D eigenvalue weighted by atomic mass is 35.5. The third-order valence-corrected chi connectivity index (χ3v) is 3.54. The first kappa shape index (κ1) is 14.8. The Morgan fingerprint density at radius 3 is 2.60 bits per heavy atom. The molecule has 0 aromatic heterocycles. The highest BCUT2D eigenvalue weighted by Crippen LogP contribution is 2.28. The minimum absolute atomic E-state index is 0.226. The highest BCUT2D eigenvalue weighted by Gasteiger charge is 2.24. The molecule has 2 rings (SSSR count). The van der Waals surface area contributed by atoms with Crippen LogP contribution in [0.3, 0.4) is 0 Å². The van der Waals surface area contributed by atoms with E-state index in [2.05, 4.69) is 0 Å². The van der Waals surface area contributed by atoms with E-state index in [1.807, 2.05) is 19.1 Å². The van der Waals surface area contributed by atoms with Gasteiger partial charge in [-0.05, 0) is 42.7 Å². The summed E-state index contributed by atoms with van der Waals surface area (Å²) in [4.78, 5) is 0. The summed E-state index contributed by atoms with van der Waals surface area (Å²) in [6.45, 7) is 1.86. The fourth-order valence-electron chi connectivity index (χ4n) is 2.19. The zero-order valence-electron chi connectivity index (χ0n) is 11.5. The van der Waals surface area contributed by atoms with Crippen LogP contribution in [0.25, 0.3) is 0 Å². The number of methoxy groups -OCH3 is 1. The van der Waals surface area contributed by atoms with E-state index < -0.39 is 5.54 Å². The van der Waals surface area contributed by atoms with Gasteiger partial charge in [-0.25, -0.2) is 4.39 Å². The summed E-state index contributed by atoms with van der Waals surface area (Å²) in [6.07, 6.45) is 0.358. The minimum atomic E-state index is -0.710. The lowest BCUT2D eigenvalue weighted by atomic mass is 9.86. The summed E-state index contributed by atoms with van der Waals surface area (Å²) >= 11 is 5.98. The lowest BCUT2D eigenvalue weighted by Crippen LogP contribution is -2.35. The smallest absolute Gasteiger partial charge is 0.168 e. The molecule has 1 unspecified atom stereocenters. The predicted molar refractivity (Wildman–Crippen MR) is 79.6 cm³/mol. The molecule has 4 heteroatoms. The number of ether oxygens (including phenoxy) is 1. The van der Waals surface area contributed by atoms with Crippen molar-refractivity contribution in [2.24, 2.45) is 5.73 Å². The molecule has 0 radical (unpaired) electrons. The molecular formula is C16H17ClFNO. The Labute approximate surface area is 123 Å². The summed E-state index contributed by atoms with van der Waals surface area (Å²) in [5.74, 6) is -0.141. The maximum atomic E-state index is 14.2. The number of hydrogen-bond donors (Lipinski definition) is 1. The predicted octanol–water partition coefficient (Wildman–Crippen LogP) is 3.90. The van der Waals surface area contributed by atoms with Crippen molar-refractivity contribution in [3.63, 3.8) is 0 Å². The lowest BCUT2D eigenvalue weighted by Gasteiger charge is -2.26. The average molecular weight is 294 g/mol. The second-order valence-corrected chi connectivity index (χ2v) is 5.47. The second-order valence-electron chi connectivity index (χ2n) is 5.04. The van der Waals surface area contributed by atoms with E-state index in [4.69, 9.17) is 22.1 Å². The van der Waals surface area contributed by atoms with E-state index in [-0.39, 0.29) is 11.6 Å². The van der Waals surface area contributed by atoms with Crippen LogP contribution < -0.4 is 10.5 Å². The van der Waals surface area contributed by atoms with Gasteiger partial charge in [0.15, 0.2) is 11.6 Å². The lowest BCUT2D eigenvalue weighted by molar-refractivity contribution is 0.380. The molecule has 1 atom stereocenters. The Bertz CT molecular complexity index is 613. The summed E-state index contributed by atoms with van der Waals surface area (Å²) < 4.78 is 19.2. The van der Waals surface area contributed by atoms with Crippen LogP contribution in [0.2, 0.25) is 5.02 Å². The van der Waals surface area contributed by atoms with Gasteiger partial charge in [0, 0.05) is 10.6 Å². The normalized spacial score (nSPS) is 13.8. The number of rotatable bonds is 4. The van der Waals surface area contributed by atoms with Crippen molar-refractivity contribution in [2.45, 2.75) is 18.9 Å². The van der Waals surface area contributed by atoms with Gasteiger partial charge in [0.1, 0.15) is 0 Å². The van der Waals surface area contributed by atoms with Crippen LogP contribution in [0.1, 0.15) is 18.1 Å². The molecule has 0 aliphatic rings. The third-order valence-electron chi connectivity index (χ3n) is 3.30. The Balaban J connectivity index is 2.33. The highest BCUT2D eigenvalue weighted by molar-refractivity contribution is 6.30. The number of hydrogen-bond acceptors (Lipinski definition) is 2. The van der Waals surface area contributed by atoms with Gasteiger partial charge in [0.2, 0.25) is 0 Å². The van der Waals surface area contributed by atoms with Crippen molar-refractivity contribution in [3.8, 4) is 5.75 Å². The monoisotopic (exact) mass is 293 g/mol. The molecule has 0 fully saturated rings. The second kappa shape index (κ2) is 5.81. The molecule has 20 heavy (non-hydrogen) atoms. The molecule has 0 saturated heterocycles. The van der Waals surface area contributed by atoms with Crippen molar-refractivity contribution in [1.82, 2.24) is 0 Å². The van der Waals surface area contributed by atoms with Gasteiger partial charge < -0.3 is 10.5 Å². The van der Waals surface area contributed by atoms with Crippen molar-refractivity contribution >= 4 is 11.6 Å². The van der Waals surface area contributed by atoms with E-state index in [9.17, 15) is 4.39 Å². The summed E-state index contributed by atoms with van der Waals surface area (Å²) in [7, 11) is 1.45.